The summed E-state index contributed by atoms with van der Waals surface area (Å²) in [6.45, 7) is 7.48. The first-order valence-electron chi connectivity index (χ1n) is 9.95. The third-order valence-electron chi connectivity index (χ3n) is 6.23. The maximum absolute atomic E-state index is 13.0. The van der Waals surface area contributed by atoms with Gasteiger partial charge in [-0.3, -0.25) is 9.59 Å². The fourth-order valence-corrected chi connectivity index (χ4v) is 4.99. The lowest BCUT2D eigenvalue weighted by Crippen LogP contribution is -2.37. The number of carbonyl (C=O) groups excluding carboxylic acids is 2. The number of carbonyl (C=O) groups is 2. The van der Waals surface area contributed by atoms with Crippen LogP contribution in [0.15, 0.2) is 35.4 Å². The summed E-state index contributed by atoms with van der Waals surface area (Å²) in [5, 5.41) is 0.580. The molecule has 1 aliphatic carbocycles. The zero-order valence-corrected chi connectivity index (χ0v) is 17.4. The average Bonchev–Trinajstić information content (AvgIpc) is 3.25. The van der Waals surface area contributed by atoms with Crippen LogP contribution < -0.4 is 4.90 Å². The maximum atomic E-state index is 13.0. The summed E-state index contributed by atoms with van der Waals surface area (Å²) in [4.78, 5) is 27.7. The molecule has 2 bridgehead atoms. The Morgan fingerprint density at radius 1 is 1.25 bits per heavy atom. The lowest BCUT2D eigenvalue weighted by atomic mass is 9.84. The number of ether oxygens (including phenoxy) is 1. The summed E-state index contributed by atoms with van der Waals surface area (Å²) in [5.74, 6) is -0.0475. The molecule has 1 unspecified atom stereocenters. The number of anilines is 1. The molecule has 0 spiro atoms. The second-order valence-electron chi connectivity index (χ2n) is 8.29. The van der Waals surface area contributed by atoms with E-state index in [4.69, 9.17) is 16.3 Å². The Morgan fingerprint density at radius 2 is 2.04 bits per heavy atom. The first kappa shape index (κ1) is 19.4. The van der Waals surface area contributed by atoms with E-state index in [2.05, 4.69) is 4.90 Å². The van der Waals surface area contributed by atoms with Crippen molar-refractivity contribution >= 4 is 28.9 Å². The van der Waals surface area contributed by atoms with Gasteiger partial charge in [-0.05, 0) is 63.0 Å². The van der Waals surface area contributed by atoms with Crippen molar-refractivity contribution in [1.82, 2.24) is 0 Å². The highest BCUT2D eigenvalue weighted by Gasteiger charge is 2.40. The normalized spacial score (nSPS) is 26.5. The highest BCUT2D eigenvalue weighted by atomic mass is 35.5. The predicted molar refractivity (Wildman–Crippen MR) is 111 cm³/mol. The number of hydrogen-bond acceptors (Lipinski definition) is 4. The van der Waals surface area contributed by atoms with E-state index in [0.29, 0.717) is 29.5 Å². The number of nitrogens with zero attached hydrogens (tertiary/aromatic N) is 1. The molecular weight excluding hydrogens is 374 g/mol. The van der Waals surface area contributed by atoms with Crippen molar-refractivity contribution in [2.75, 3.05) is 18.1 Å². The van der Waals surface area contributed by atoms with Crippen molar-refractivity contribution < 1.29 is 14.3 Å². The number of Topliss-reactive ketones (excluding diaryl/α,β-unsaturated/α-hetero) is 1. The minimum Gasteiger partial charge on any atom is -0.374 e. The highest BCUT2D eigenvalue weighted by molar-refractivity contribution is 6.31. The summed E-state index contributed by atoms with van der Waals surface area (Å²) in [6, 6.07) is 4.09. The van der Waals surface area contributed by atoms with E-state index in [-0.39, 0.29) is 23.6 Å². The van der Waals surface area contributed by atoms with E-state index >= 15 is 0 Å². The monoisotopic (exact) mass is 399 g/mol. The number of morpholine rings is 1. The molecule has 148 valence electrons. The number of allylic oxidation sites excluding steroid dienone is 4. The summed E-state index contributed by atoms with van der Waals surface area (Å²) in [7, 11) is 0. The molecule has 5 heteroatoms. The molecule has 0 saturated carbocycles. The number of rotatable bonds is 5. The molecule has 1 aromatic carbocycles. The number of hydrogen-bond donors (Lipinski definition) is 0. The van der Waals surface area contributed by atoms with Crippen LogP contribution in [0.2, 0.25) is 5.02 Å². The molecule has 1 aromatic rings. The Bertz CT molecular complexity index is 901. The third kappa shape index (κ3) is 3.56. The van der Waals surface area contributed by atoms with E-state index < -0.39 is 0 Å². The molecule has 3 aliphatic rings. The van der Waals surface area contributed by atoms with Crippen LogP contribution in [-0.4, -0.2) is 36.9 Å². The van der Waals surface area contributed by atoms with Gasteiger partial charge in [0.25, 0.3) is 0 Å². The second kappa shape index (κ2) is 7.49. The van der Waals surface area contributed by atoms with E-state index in [1.165, 1.54) is 0 Å². The van der Waals surface area contributed by atoms with Crippen LogP contribution in [0.3, 0.4) is 0 Å². The lowest BCUT2D eigenvalue weighted by Gasteiger charge is -2.31. The van der Waals surface area contributed by atoms with Gasteiger partial charge in [0.15, 0.2) is 11.6 Å². The van der Waals surface area contributed by atoms with Gasteiger partial charge in [-0.25, -0.2) is 0 Å². The van der Waals surface area contributed by atoms with Gasteiger partial charge in [-0.2, -0.15) is 0 Å². The predicted octanol–water partition coefficient (Wildman–Crippen LogP) is 4.68. The van der Waals surface area contributed by atoms with Gasteiger partial charge in [0.2, 0.25) is 0 Å². The van der Waals surface area contributed by atoms with Crippen LogP contribution in [0.25, 0.3) is 0 Å². The lowest BCUT2D eigenvalue weighted by molar-refractivity contribution is -0.117. The van der Waals surface area contributed by atoms with E-state index in [1.807, 2.05) is 32.9 Å². The molecule has 2 aliphatic heterocycles. The molecule has 0 N–H and O–H groups in total. The van der Waals surface area contributed by atoms with Gasteiger partial charge in [0.05, 0.1) is 18.8 Å². The number of fused-ring (bicyclic) bond motifs is 2. The molecule has 0 radical (unpaired) electrons. The van der Waals surface area contributed by atoms with E-state index in [9.17, 15) is 9.59 Å². The van der Waals surface area contributed by atoms with Gasteiger partial charge in [-0.1, -0.05) is 23.3 Å². The second-order valence-corrected chi connectivity index (χ2v) is 8.72. The van der Waals surface area contributed by atoms with Crippen molar-refractivity contribution in [3.63, 3.8) is 0 Å². The molecule has 2 fully saturated rings. The van der Waals surface area contributed by atoms with E-state index in [1.54, 1.807) is 12.1 Å². The highest BCUT2D eigenvalue weighted by Crippen LogP contribution is 2.37. The van der Waals surface area contributed by atoms with Crippen molar-refractivity contribution in [2.45, 2.75) is 52.2 Å². The maximum Gasteiger partial charge on any atom is 0.163 e. The fourth-order valence-electron chi connectivity index (χ4n) is 4.78. The molecule has 2 saturated heterocycles. The molecule has 2 heterocycles. The van der Waals surface area contributed by atoms with Gasteiger partial charge < -0.3 is 9.64 Å². The van der Waals surface area contributed by atoms with Crippen LogP contribution in [0.4, 0.5) is 5.69 Å². The fraction of sp³-hybridized carbons (Fsp3) is 0.478. The van der Waals surface area contributed by atoms with Gasteiger partial charge in [0.1, 0.15) is 0 Å². The van der Waals surface area contributed by atoms with Crippen molar-refractivity contribution in [1.29, 1.82) is 0 Å². The zero-order chi connectivity index (χ0) is 20.0. The average molecular weight is 400 g/mol. The Hall–Kier alpha value is -1.91. The summed E-state index contributed by atoms with van der Waals surface area (Å²) < 4.78 is 5.70. The topological polar surface area (TPSA) is 46.6 Å². The standard InChI is InChI=1S/C23H26ClNO3/c1-13-6-14(2)19(23(27)7-13)4-5-22(26)20-8-16(24)9-21(15(20)3)25-11-18-10-17(25)12-28-18/h6-9,17-19H,4-5,10-12H2,1-3H3/t17-,18-,19?/m1/s1. The van der Waals surface area contributed by atoms with Gasteiger partial charge in [0, 0.05) is 35.2 Å². The molecule has 0 aromatic heterocycles. The minimum atomic E-state index is -0.196. The zero-order valence-electron chi connectivity index (χ0n) is 16.6. The van der Waals surface area contributed by atoms with Gasteiger partial charge in [-0.15, -0.1) is 0 Å². The molecule has 4 nitrogen and oxygen atoms in total. The smallest absolute Gasteiger partial charge is 0.163 e. The van der Waals surface area contributed by atoms with Gasteiger partial charge >= 0.3 is 0 Å². The Morgan fingerprint density at radius 3 is 2.68 bits per heavy atom. The van der Waals surface area contributed by atoms with Crippen LogP contribution in [0, 0.1) is 12.8 Å². The quantitative estimate of drug-likeness (QED) is 0.674. The first-order valence-corrected chi connectivity index (χ1v) is 10.3. The number of benzene rings is 1. The molecule has 4 rings (SSSR count). The summed E-state index contributed by atoms with van der Waals surface area (Å²) in [5.41, 5.74) is 4.69. The Kier molecular flexibility index (Phi) is 5.19. The Balaban J connectivity index is 1.52. The number of ketones is 2. The van der Waals surface area contributed by atoms with Crippen LogP contribution in [-0.2, 0) is 9.53 Å². The van der Waals surface area contributed by atoms with Crippen LogP contribution >= 0.6 is 11.6 Å². The first-order chi connectivity index (χ1) is 13.3. The third-order valence-corrected chi connectivity index (χ3v) is 6.45. The summed E-state index contributed by atoms with van der Waals surface area (Å²) >= 11 is 6.38. The Labute approximate surface area is 171 Å². The minimum absolute atomic E-state index is 0.0498. The largest absolute Gasteiger partial charge is 0.374 e. The molecular formula is C23H26ClNO3. The van der Waals surface area contributed by atoms with Crippen molar-refractivity contribution in [3.8, 4) is 0 Å². The van der Waals surface area contributed by atoms with Crippen molar-refractivity contribution in [3.05, 3.63) is 51.6 Å². The molecule has 0 amide bonds. The SMILES string of the molecule is CC1=CC(=O)C(CCC(=O)c2cc(Cl)cc(N3C[C@H]4C[C@@H]3CO4)c2C)C(C)=C1. The van der Waals surface area contributed by atoms with Crippen LogP contribution in [0.5, 0.6) is 0 Å². The number of halogens is 1. The summed E-state index contributed by atoms with van der Waals surface area (Å²) in [6.07, 6.45) is 5.90. The molecule has 28 heavy (non-hydrogen) atoms. The van der Waals surface area contributed by atoms with Crippen LogP contribution in [0.1, 0.15) is 49.0 Å². The molecule has 3 atom stereocenters. The van der Waals surface area contributed by atoms with Crippen molar-refractivity contribution in [2.24, 2.45) is 5.92 Å². The van der Waals surface area contributed by atoms with E-state index in [0.717, 1.165) is 42.0 Å².